The highest BCUT2D eigenvalue weighted by atomic mass is 14.7. The van der Waals surface area contributed by atoms with E-state index >= 15 is 0 Å². The number of hydrogen-bond acceptors (Lipinski definition) is 2. The van der Waals surface area contributed by atoms with Crippen LogP contribution in [0.3, 0.4) is 0 Å². The highest BCUT2D eigenvalue weighted by Gasteiger charge is 2.20. The average Bonchev–Trinajstić information content (AvgIpc) is 2.26. The monoisotopic (exact) mass is 230 g/mol. The van der Waals surface area contributed by atoms with Crippen molar-refractivity contribution < 1.29 is 0 Å². The highest BCUT2D eigenvalue weighted by molar-refractivity contribution is 5.47. The largest absolute Gasteiger partial charge is 0.259 e. The van der Waals surface area contributed by atoms with E-state index in [4.69, 9.17) is 0 Å². The van der Waals surface area contributed by atoms with Crippen LogP contribution in [0.4, 0.5) is 0 Å². The van der Waals surface area contributed by atoms with Crippen LogP contribution in [0.15, 0.2) is 6.20 Å². The van der Waals surface area contributed by atoms with Crippen LogP contribution in [-0.2, 0) is 0 Å². The molecule has 0 saturated carbocycles. The second-order valence-corrected chi connectivity index (χ2v) is 5.46. The molecule has 92 valence electrons. The van der Waals surface area contributed by atoms with E-state index in [9.17, 15) is 5.26 Å². The molecule has 0 fully saturated rings. The first-order valence-corrected chi connectivity index (χ1v) is 6.32. The van der Waals surface area contributed by atoms with Crippen molar-refractivity contribution in [3.05, 3.63) is 28.6 Å². The molecule has 0 unspecified atom stereocenters. The number of pyridine rings is 1. The molecule has 0 aliphatic carbocycles. The van der Waals surface area contributed by atoms with E-state index in [1.165, 1.54) is 11.1 Å². The Kier molecular flexibility index (Phi) is 4.28. The molecule has 0 bridgehead atoms. The van der Waals surface area contributed by atoms with Gasteiger partial charge in [-0.2, -0.15) is 5.26 Å². The summed E-state index contributed by atoms with van der Waals surface area (Å²) in [4.78, 5) is 4.49. The summed E-state index contributed by atoms with van der Waals surface area (Å²) in [6, 6.07) is 2.28. The molecule has 0 saturated heterocycles. The normalized spacial score (nSPS) is 11.3. The third kappa shape index (κ3) is 2.66. The second-order valence-electron chi connectivity index (χ2n) is 5.46. The molecule has 17 heavy (non-hydrogen) atoms. The molecule has 0 aliphatic rings. The van der Waals surface area contributed by atoms with Crippen molar-refractivity contribution in [2.45, 2.75) is 59.3 Å². The smallest absolute Gasteiger partial charge is 0.101 e. The molecule has 2 nitrogen and oxygen atoms in total. The summed E-state index contributed by atoms with van der Waals surface area (Å²) in [5.41, 5.74) is 4.33. The lowest BCUT2D eigenvalue weighted by molar-refractivity contribution is 0.721. The van der Waals surface area contributed by atoms with Gasteiger partial charge in [0.2, 0.25) is 0 Å². The van der Waals surface area contributed by atoms with E-state index in [1.54, 1.807) is 6.20 Å². The Morgan fingerprint density at radius 3 is 1.82 bits per heavy atom. The molecule has 0 atom stereocenters. The van der Waals surface area contributed by atoms with Gasteiger partial charge in [-0.15, -0.1) is 0 Å². The van der Waals surface area contributed by atoms with Gasteiger partial charge in [-0.1, -0.05) is 41.5 Å². The van der Waals surface area contributed by atoms with Gasteiger partial charge in [-0.25, -0.2) is 0 Å². The van der Waals surface area contributed by atoms with Gasteiger partial charge in [0.05, 0.1) is 5.56 Å². The molecule has 0 aliphatic heterocycles. The maximum atomic E-state index is 9.21. The fourth-order valence-corrected chi connectivity index (χ4v) is 2.33. The van der Waals surface area contributed by atoms with Crippen molar-refractivity contribution in [1.29, 1.82) is 5.26 Å². The van der Waals surface area contributed by atoms with E-state index in [0.29, 0.717) is 17.8 Å². The molecule has 0 amide bonds. The average molecular weight is 230 g/mol. The molecule has 0 radical (unpaired) electrons. The van der Waals surface area contributed by atoms with Crippen LogP contribution in [0.1, 0.15) is 81.7 Å². The number of nitrogens with zero attached hydrogens (tertiary/aromatic N) is 2. The molecular weight excluding hydrogens is 208 g/mol. The van der Waals surface area contributed by atoms with Crippen LogP contribution in [0.5, 0.6) is 0 Å². The minimum absolute atomic E-state index is 0.363. The van der Waals surface area contributed by atoms with E-state index in [1.807, 2.05) is 0 Å². The maximum Gasteiger partial charge on any atom is 0.101 e. The molecule has 0 spiro atoms. The highest BCUT2D eigenvalue weighted by Crippen LogP contribution is 2.33. The summed E-state index contributed by atoms with van der Waals surface area (Å²) < 4.78 is 0. The van der Waals surface area contributed by atoms with E-state index < -0.39 is 0 Å². The van der Waals surface area contributed by atoms with Crippen molar-refractivity contribution in [2.75, 3.05) is 0 Å². The van der Waals surface area contributed by atoms with Gasteiger partial charge in [0.15, 0.2) is 0 Å². The van der Waals surface area contributed by atoms with E-state index in [-0.39, 0.29) is 0 Å². The Balaban J connectivity index is 3.61. The first-order chi connectivity index (χ1) is 7.90. The van der Waals surface area contributed by atoms with Crippen molar-refractivity contribution in [3.63, 3.8) is 0 Å². The van der Waals surface area contributed by atoms with Crippen LogP contribution >= 0.6 is 0 Å². The fraction of sp³-hybridized carbons (Fsp3) is 0.600. The lowest BCUT2D eigenvalue weighted by Crippen LogP contribution is -2.10. The van der Waals surface area contributed by atoms with E-state index in [0.717, 1.165) is 11.3 Å². The van der Waals surface area contributed by atoms with E-state index in [2.05, 4.69) is 52.6 Å². The third-order valence-corrected chi connectivity index (χ3v) is 3.01. The van der Waals surface area contributed by atoms with Gasteiger partial charge in [0, 0.05) is 11.9 Å². The van der Waals surface area contributed by atoms with Crippen molar-refractivity contribution in [1.82, 2.24) is 4.98 Å². The first-order valence-electron chi connectivity index (χ1n) is 6.32. The van der Waals surface area contributed by atoms with Crippen molar-refractivity contribution >= 4 is 0 Å². The molecule has 1 aromatic heterocycles. The standard InChI is InChI=1S/C15H22N2/c1-9(2)13-12(7-16)8-17-15(11(5)6)14(13)10(3)4/h8-11H,1-6H3. The van der Waals surface area contributed by atoms with Crippen molar-refractivity contribution in [3.8, 4) is 6.07 Å². The summed E-state index contributed by atoms with van der Waals surface area (Å²) in [6.07, 6.45) is 1.73. The summed E-state index contributed by atoms with van der Waals surface area (Å²) in [6.45, 7) is 13.0. The van der Waals surface area contributed by atoms with Crippen LogP contribution in [0.2, 0.25) is 0 Å². The predicted octanol–water partition coefficient (Wildman–Crippen LogP) is 4.32. The molecular formula is C15H22N2. The molecule has 2 heteroatoms. The Morgan fingerprint density at radius 2 is 1.47 bits per heavy atom. The lowest BCUT2D eigenvalue weighted by Gasteiger charge is -2.22. The van der Waals surface area contributed by atoms with Gasteiger partial charge in [-0.05, 0) is 28.9 Å². The third-order valence-electron chi connectivity index (χ3n) is 3.01. The molecule has 0 aromatic carbocycles. The molecule has 1 rings (SSSR count). The van der Waals surface area contributed by atoms with Gasteiger partial charge in [0.1, 0.15) is 6.07 Å². The lowest BCUT2D eigenvalue weighted by atomic mass is 9.84. The topological polar surface area (TPSA) is 36.7 Å². The Morgan fingerprint density at radius 1 is 0.941 bits per heavy atom. The zero-order valence-electron chi connectivity index (χ0n) is 11.7. The van der Waals surface area contributed by atoms with Crippen LogP contribution < -0.4 is 0 Å². The summed E-state index contributed by atoms with van der Waals surface area (Å²) in [5, 5.41) is 9.21. The van der Waals surface area contributed by atoms with Crippen LogP contribution in [0, 0.1) is 11.3 Å². The quantitative estimate of drug-likeness (QED) is 0.775. The number of aromatic nitrogens is 1. The van der Waals surface area contributed by atoms with Gasteiger partial charge in [-0.3, -0.25) is 4.98 Å². The second kappa shape index (κ2) is 5.31. The summed E-state index contributed by atoms with van der Waals surface area (Å²) >= 11 is 0. The Hall–Kier alpha value is -1.36. The summed E-state index contributed by atoms with van der Waals surface area (Å²) in [7, 11) is 0. The molecule has 1 aromatic rings. The molecule has 0 N–H and O–H groups in total. The zero-order valence-corrected chi connectivity index (χ0v) is 11.7. The Bertz CT molecular complexity index is 437. The minimum atomic E-state index is 0.363. The van der Waals surface area contributed by atoms with Gasteiger partial charge >= 0.3 is 0 Å². The minimum Gasteiger partial charge on any atom is -0.259 e. The Labute approximate surface area is 105 Å². The van der Waals surface area contributed by atoms with Crippen LogP contribution in [-0.4, -0.2) is 4.98 Å². The van der Waals surface area contributed by atoms with Gasteiger partial charge < -0.3 is 0 Å². The maximum absolute atomic E-state index is 9.21. The first kappa shape index (κ1) is 13.7. The SMILES string of the molecule is CC(C)c1ncc(C#N)c(C(C)C)c1C(C)C. The summed E-state index contributed by atoms with van der Waals surface area (Å²) in [5.74, 6) is 1.17. The number of nitriles is 1. The van der Waals surface area contributed by atoms with Crippen molar-refractivity contribution in [2.24, 2.45) is 0 Å². The van der Waals surface area contributed by atoms with Crippen LogP contribution in [0.25, 0.3) is 0 Å². The molecule has 1 heterocycles. The number of hydrogen-bond donors (Lipinski definition) is 0. The fourth-order valence-electron chi connectivity index (χ4n) is 2.33. The predicted molar refractivity (Wildman–Crippen MR) is 71.2 cm³/mol. The van der Waals surface area contributed by atoms with Gasteiger partial charge in [0.25, 0.3) is 0 Å². The zero-order chi connectivity index (χ0) is 13.2. The number of rotatable bonds is 3.